The van der Waals surface area contributed by atoms with Crippen molar-refractivity contribution in [2.45, 2.75) is 20.8 Å². The molecule has 1 N–H and O–H groups in total. The predicted octanol–water partition coefficient (Wildman–Crippen LogP) is 1.99. The monoisotopic (exact) mass is 291 g/mol. The summed E-state index contributed by atoms with van der Waals surface area (Å²) in [6.07, 6.45) is 0. The zero-order valence-corrected chi connectivity index (χ0v) is 13.2. The van der Waals surface area contributed by atoms with E-state index < -0.39 is 0 Å². The molecule has 0 radical (unpaired) electrons. The maximum Gasteiger partial charge on any atom is 0.320 e. The van der Waals surface area contributed by atoms with Gasteiger partial charge in [-0.15, -0.1) is 0 Å². The number of likely N-dealkylation sites (N-methyl/N-ethyl adjacent to an activating group) is 1. The van der Waals surface area contributed by atoms with E-state index in [2.05, 4.69) is 24.1 Å². The SMILES string of the molecule is CCN1CCN(C(=O)NCOc2ccc(C)c(C)c2)CC1. The van der Waals surface area contributed by atoms with Gasteiger partial charge in [0.15, 0.2) is 6.73 Å². The third kappa shape index (κ3) is 4.36. The number of aryl methyl sites for hydroxylation is 2. The number of piperazine rings is 1. The third-order valence-electron chi connectivity index (χ3n) is 4.05. The molecule has 0 bridgehead atoms. The number of hydrogen-bond donors (Lipinski definition) is 1. The first-order valence-corrected chi connectivity index (χ1v) is 7.55. The van der Waals surface area contributed by atoms with Crippen LogP contribution in [-0.2, 0) is 0 Å². The number of urea groups is 1. The van der Waals surface area contributed by atoms with Crippen LogP contribution in [0.15, 0.2) is 18.2 Å². The summed E-state index contributed by atoms with van der Waals surface area (Å²) in [4.78, 5) is 16.2. The van der Waals surface area contributed by atoms with Crippen molar-refractivity contribution in [3.8, 4) is 5.75 Å². The lowest BCUT2D eigenvalue weighted by Crippen LogP contribution is -2.52. The molecule has 116 valence electrons. The van der Waals surface area contributed by atoms with Crippen molar-refractivity contribution < 1.29 is 9.53 Å². The van der Waals surface area contributed by atoms with Gasteiger partial charge in [0.2, 0.25) is 0 Å². The van der Waals surface area contributed by atoms with E-state index in [1.54, 1.807) is 0 Å². The average molecular weight is 291 g/mol. The molecule has 0 saturated carbocycles. The van der Waals surface area contributed by atoms with Crippen LogP contribution in [0.4, 0.5) is 4.79 Å². The summed E-state index contributed by atoms with van der Waals surface area (Å²) in [5.74, 6) is 0.786. The predicted molar refractivity (Wildman–Crippen MR) is 83.6 cm³/mol. The second kappa shape index (κ2) is 7.31. The molecular formula is C16H25N3O2. The maximum atomic E-state index is 12.0. The molecule has 5 nitrogen and oxygen atoms in total. The Balaban J connectivity index is 1.73. The fraction of sp³-hybridized carbons (Fsp3) is 0.562. The molecule has 2 rings (SSSR count). The number of carbonyl (C=O) groups is 1. The minimum Gasteiger partial charge on any atom is -0.473 e. The summed E-state index contributed by atoms with van der Waals surface area (Å²) in [5.41, 5.74) is 2.43. The Labute approximate surface area is 126 Å². The Morgan fingerprint density at radius 1 is 1.19 bits per heavy atom. The van der Waals surface area contributed by atoms with E-state index in [1.165, 1.54) is 11.1 Å². The van der Waals surface area contributed by atoms with Gasteiger partial charge in [0, 0.05) is 26.2 Å². The van der Waals surface area contributed by atoms with Crippen molar-refractivity contribution in [1.82, 2.24) is 15.1 Å². The lowest BCUT2D eigenvalue weighted by Gasteiger charge is -2.33. The van der Waals surface area contributed by atoms with E-state index in [4.69, 9.17) is 4.74 Å². The molecule has 1 saturated heterocycles. The van der Waals surface area contributed by atoms with E-state index in [0.29, 0.717) is 0 Å². The number of hydrogen-bond acceptors (Lipinski definition) is 3. The van der Waals surface area contributed by atoms with Crippen LogP contribution in [0.25, 0.3) is 0 Å². The molecule has 21 heavy (non-hydrogen) atoms. The minimum atomic E-state index is -0.0467. The quantitative estimate of drug-likeness (QED) is 0.863. The van der Waals surface area contributed by atoms with Crippen LogP contribution in [0.1, 0.15) is 18.1 Å². The van der Waals surface area contributed by atoms with Crippen LogP contribution in [0.3, 0.4) is 0 Å². The standard InChI is InChI=1S/C16H25N3O2/c1-4-18-7-9-19(10-8-18)16(20)17-12-21-15-6-5-13(2)14(3)11-15/h5-6,11H,4,7-10,12H2,1-3H3,(H,17,20). The summed E-state index contributed by atoms with van der Waals surface area (Å²) in [7, 11) is 0. The van der Waals surface area contributed by atoms with Gasteiger partial charge in [-0.25, -0.2) is 4.79 Å². The number of rotatable bonds is 4. The normalized spacial score (nSPS) is 15.9. The maximum absolute atomic E-state index is 12.0. The van der Waals surface area contributed by atoms with Gasteiger partial charge in [0.05, 0.1) is 0 Å². The summed E-state index contributed by atoms with van der Waals surface area (Å²) in [5, 5.41) is 2.81. The van der Waals surface area contributed by atoms with Gasteiger partial charge < -0.3 is 19.9 Å². The zero-order valence-electron chi connectivity index (χ0n) is 13.2. The van der Waals surface area contributed by atoms with Crippen LogP contribution >= 0.6 is 0 Å². The van der Waals surface area contributed by atoms with Gasteiger partial charge in [0.25, 0.3) is 0 Å². The first kappa shape index (κ1) is 15.6. The molecule has 0 unspecified atom stereocenters. The molecule has 0 aliphatic carbocycles. The summed E-state index contributed by atoms with van der Waals surface area (Å²) in [6, 6.07) is 5.89. The van der Waals surface area contributed by atoms with Crippen molar-refractivity contribution in [1.29, 1.82) is 0 Å². The minimum absolute atomic E-state index is 0.0467. The van der Waals surface area contributed by atoms with Gasteiger partial charge in [-0.3, -0.25) is 0 Å². The van der Waals surface area contributed by atoms with Gasteiger partial charge in [-0.1, -0.05) is 13.0 Å². The van der Waals surface area contributed by atoms with Gasteiger partial charge >= 0.3 is 6.03 Å². The molecule has 1 aliphatic heterocycles. The first-order valence-electron chi connectivity index (χ1n) is 7.55. The van der Waals surface area contributed by atoms with Crippen LogP contribution in [-0.4, -0.2) is 55.3 Å². The second-order valence-electron chi connectivity index (χ2n) is 5.44. The molecule has 2 amide bonds. The number of ether oxygens (including phenoxy) is 1. The summed E-state index contributed by atoms with van der Waals surface area (Å²) < 4.78 is 5.58. The molecule has 1 aromatic carbocycles. The van der Waals surface area contributed by atoms with Crippen LogP contribution in [0, 0.1) is 13.8 Å². The van der Waals surface area contributed by atoms with Gasteiger partial charge in [-0.2, -0.15) is 0 Å². The number of benzene rings is 1. The van der Waals surface area contributed by atoms with E-state index in [1.807, 2.05) is 30.0 Å². The molecule has 0 atom stereocenters. The highest BCUT2D eigenvalue weighted by atomic mass is 16.5. The fourth-order valence-electron chi connectivity index (χ4n) is 2.36. The molecule has 1 heterocycles. The fourth-order valence-corrected chi connectivity index (χ4v) is 2.36. The zero-order chi connectivity index (χ0) is 15.2. The van der Waals surface area contributed by atoms with Crippen molar-refractivity contribution in [3.05, 3.63) is 29.3 Å². The molecule has 0 aromatic heterocycles. The van der Waals surface area contributed by atoms with Crippen molar-refractivity contribution in [2.75, 3.05) is 39.5 Å². The number of carbonyl (C=O) groups excluding carboxylic acids is 1. The smallest absolute Gasteiger partial charge is 0.320 e. The topological polar surface area (TPSA) is 44.8 Å². The lowest BCUT2D eigenvalue weighted by molar-refractivity contribution is 0.137. The highest BCUT2D eigenvalue weighted by Crippen LogP contribution is 2.15. The Bertz CT molecular complexity index is 482. The molecular weight excluding hydrogens is 266 g/mol. The Morgan fingerprint density at radius 3 is 2.52 bits per heavy atom. The molecule has 0 spiro atoms. The Kier molecular flexibility index (Phi) is 5.44. The number of nitrogens with one attached hydrogen (secondary N) is 1. The van der Waals surface area contributed by atoms with Gasteiger partial charge in [0.1, 0.15) is 5.75 Å². The number of amides is 2. The van der Waals surface area contributed by atoms with Crippen LogP contribution in [0.5, 0.6) is 5.75 Å². The highest BCUT2D eigenvalue weighted by molar-refractivity contribution is 5.74. The second-order valence-corrected chi connectivity index (χ2v) is 5.44. The first-order chi connectivity index (χ1) is 10.1. The molecule has 1 aliphatic rings. The number of nitrogens with zero attached hydrogens (tertiary/aromatic N) is 2. The molecule has 1 fully saturated rings. The van der Waals surface area contributed by atoms with Crippen molar-refractivity contribution >= 4 is 6.03 Å². The Morgan fingerprint density at radius 2 is 1.90 bits per heavy atom. The van der Waals surface area contributed by atoms with E-state index in [0.717, 1.165) is 38.5 Å². The molecule has 5 heteroatoms. The van der Waals surface area contributed by atoms with Crippen molar-refractivity contribution in [3.63, 3.8) is 0 Å². The molecule has 1 aromatic rings. The van der Waals surface area contributed by atoms with E-state index in [-0.39, 0.29) is 12.8 Å². The summed E-state index contributed by atoms with van der Waals surface area (Å²) >= 11 is 0. The lowest BCUT2D eigenvalue weighted by atomic mass is 10.1. The van der Waals surface area contributed by atoms with Crippen LogP contribution in [0.2, 0.25) is 0 Å². The average Bonchev–Trinajstić information content (AvgIpc) is 2.51. The van der Waals surface area contributed by atoms with Crippen molar-refractivity contribution in [2.24, 2.45) is 0 Å². The van der Waals surface area contributed by atoms with E-state index >= 15 is 0 Å². The Hall–Kier alpha value is -1.75. The largest absolute Gasteiger partial charge is 0.473 e. The van der Waals surface area contributed by atoms with E-state index in [9.17, 15) is 4.79 Å². The van der Waals surface area contributed by atoms with Crippen LogP contribution < -0.4 is 10.1 Å². The summed E-state index contributed by atoms with van der Waals surface area (Å²) in [6.45, 7) is 11.0. The van der Waals surface area contributed by atoms with Gasteiger partial charge in [-0.05, 0) is 43.7 Å². The highest BCUT2D eigenvalue weighted by Gasteiger charge is 2.19. The third-order valence-corrected chi connectivity index (χ3v) is 4.05.